The van der Waals surface area contributed by atoms with Gasteiger partial charge >= 0.3 is 5.97 Å². The minimum Gasteiger partial charge on any atom is -0.481 e. The summed E-state index contributed by atoms with van der Waals surface area (Å²) in [5.74, 6) is -3.87. The molecule has 0 spiro atoms. The van der Waals surface area contributed by atoms with Crippen LogP contribution in [0.3, 0.4) is 0 Å². The zero-order chi connectivity index (χ0) is 13.0. The molecule has 0 saturated carbocycles. The molecule has 1 amide bonds. The van der Waals surface area contributed by atoms with Gasteiger partial charge in [-0.15, -0.1) is 0 Å². The normalized spacial score (nSPS) is 11.9. The van der Waals surface area contributed by atoms with Crippen molar-refractivity contribution in [3.05, 3.63) is 29.0 Å². The van der Waals surface area contributed by atoms with Crippen LogP contribution in [0.1, 0.15) is 13.3 Å². The number of anilines is 1. The minimum atomic E-state index is -1.24. The first-order valence-electron chi connectivity index (χ1n) is 4.94. The Balaban J connectivity index is 2.87. The molecular formula is C11H11ClFNO3. The Morgan fingerprint density at radius 1 is 1.53 bits per heavy atom. The second kappa shape index (κ2) is 5.63. The van der Waals surface area contributed by atoms with Crippen molar-refractivity contribution in [1.29, 1.82) is 0 Å². The fourth-order valence-electron chi connectivity index (χ4n) is 1.29. The maximum Gasteiger partial charge on any atom is 0.316 e. The number of halogens is 2. The van der Waals surface area contributed by atoms with Crippen LogP contribution in [0, 0.1) is 11.7 Å². The lowest BCUT2D eigenvalue weighted by atomic mass is 10.1. The Hall–Kier alpha value is -1.62. The standard InChI is InChI=1S/C11H11ClFNO3/c1-2-7(11(16)17)10(15)14-9-5-6(12)3-4-8(9)13/h3-5,7H,2H2,1H3,(H,14,15)(H,16,17). The lowest BCUT2D eigenvalue weighted by molar-refractivity contribution is -0.145. The lowest BCUT2D eigenvalue weighted by Gasteiger charge is -2.11. The molecule has 0 aliphatic carbocycles. The molecule has 17 heavy (non-hydrogen) atoms. The maximum atomic E-state index is 13.3. The predicted molar refractivity (Wildman–Crippen MR) is 61.5 cm³/mol. The van der Waals surface area contributed by atoms with E-state index in [4.69, 9.17) is 16.7 Å². The number of carbonyl (C=O) groups excluding carboxylic acids is 1. The van der Waals surface area contributed by atoms with Gasteiger partial charge in [0.15, 0.2) is 0 Å². The minimum absolute atomic E-state index is 0.123. The lowest BCUT2D eigenvalue weighted by Crippen LogP contribution is -2.29. The molecule has 0 bridgehead atoms. The zero-order valence-corrected chi connectivity index (χ0v) is 9.79. The molecule has 0 saturated heterocycles. The van der Waals surface area contributed by atoms with Gasteiger partial charge in [-0.3, -0.25) is 9.59 Å². The third kappa shape index (κ3) is 3.42. The van der Waals surface area contributed by atoms with Crippen LogP contribution in [0.25, 0.3) is 0 Å². The maximum absolute atomic E-state index is 13.3. The Morgan fingerprint density at radius 3 is 2.71 bits per heavy atom. The SMILES string of the molecule is CCC(C(=O)O)C(=O)Nc1cc(Cl)ccc1F. The van der Waals surface area contributed by atoms with Gasteiger partial charge in [0, 0.05) is 5.02 Å². The van der Waals surface area contributed by atoms with Crippen molar-refractivity contribution in [2.75, 3.05) is 5.32 Å². The summed E-state index contributed by atoms with van der Waals surface area (Å²) in [5, 5.41) is 11.2. The second-order valence-corrected chi connectivity index (χ2v) is 3.85. The number of aliphatic carboxylic acids is 1. The highest BCUT2D eigenvalue weighted by Crippen LogP contribution is 2.20. The third-order valence-corrected chi connectivity index (χ3v) is 2.44. The molecule has 0 aliphatic rings. The molecular weight excluding hydrogens is 249 g/mol. The van der Waals surface area contributed by atoms with E-state index in [1.807, 2.05) is 0 Å². The van der Waals surface area contributed by atoms with Crippen LogP contribution in [0.15, 0.2) is 18.2 Å². The highest BCUT2D eigenvalue weighted by atomic mass is 35.5. The van der Waals surface area contributed by atoms with Crippen molar-refractivity contribution >= 4 is 29.2 Å². The predicted octanol–water partition coefficient (Wildman–Crippen LogP) is 2.53. The fraction of sp³-hybridized carbons (Fsp3) is 0.273. The molecule has 0 fully saturated rings. The first-order valence-corrected chi connectivity index (χ1v) is 5.32. The van der Waals surface area contributed by atoms with Crippen molar-refractivity contribution in [2.24, 2.45) is 5.92 Å². The number of carboxylic acid groups (broad SMARTS) is 1. The number of hydrogen-bond donors (Lipinski definition) is 2. The highest BCUT2D eigenvalue weighted by molar-refractivity contribution is 6.30. The quantitative estimate of drug-likeness (QED) is 0.817. The fourth-order valence-corrected chi connectivity index (χ4v) is 1.46. The van der Waals surface area contributed by atoms with E-state index in [2.05, 4.69) is 5.32 Å². The summed E-state index contributed by atoms with van der Waals surface area (Å²) in [5.41, 5.74) is -0.123. The largest absolute Gasteiger partial charge is 0.481 e. The topological polar surface area (TPSA) is 66.4 Å². The van der Waals surface area contributed by atoms with Gasteiger partial charge in [-0.2, -0.15) is 0 Å². The summed E-state index contributed by atoms with van der Waals surface area (Å²) in [4.78, 5) is 22.3. The molecule has 1 unspecified atom stereocenters. The number of nitrogens with one attached hydrogen (secondary N) is 1. The van der Waals surface area contributed by atoms with E-state index in [-0.39, 0.29) is 17.1 Å². The van der Waals surface area contributed by atoms with Crippen molar-refractivity contribution in [3.63, 3.8) is 0 Å². The summed E-state index contributed by atoms with van der Waals surface area (Å²) >= 11 is 5.64. The van der Waals surface area contributed by atoms with E-state index in [1.54, 1.807) is 6.92 Å². The van der Waals surface area contributed by atoms with Gasteiger partial charge in [0.25, 0.3) is 0 Å². The molecule has 92 valence electrons. The molecule has 1 atom stereocenters. The smallest absolute Gasteiger partial charge is 0.316 e. The second-order valence-electron chi connectivity index (χ2n) is 3.41. The van der Waals surface area contributed by atoms with Crippen LogP contribution >= 0.6 is 11.6 Å². The number of carboxylic acids is 1. The van der Waals surface area contributed by atoms with Gasteiger partial charge in [0.1, 0.15) is 11.7 Å². The zero-order valence-electron chi connectivity index (χ0n) is 9.04. The average Bonchev–Trinajstić information content (AvgIpc) is 2.24. The monoisotopic (exact) mass is 259 g/mol. The van der Waals surface area contributed by atoms with Gasteiger partial charge < -0.3 is 10.4 Å². The number of hydrogen-bond acceptors (Lipinski definition) is 2. The Morgan fingerprint density at radius 2 is 2.18 bits per heavy atom. The van der Waals surface area contributed by atoms with E-state index < -0.39 is 23.6 Å². The van der Waals surface area contributed by atoms with Crippen LogP contribution in [0.4, 0.5) is 10.1 Å². The van der Waals surface area contributed by atoms with E-state index in [9.17, 15) is 14.0 Å². The number of rotatable bonds is 4. The Labute approximate surface area is 102 Å². The molecule has 0 aromatic heterocycles. The van der Waals surface area contributed by atoms with Crippen LogP contribution in [-0.4, -0.2) is 17.0 Å². The summed E-state index contributed by atoms with van der Waals surface area (Å²) in [6.45, 7) is 1.56. The van der Waals surface area contributed by atoms with Gasteiger partial charge in [-0.05, 0) is 24.6 Å². The van der Waals surface area contributed by atoms with E-state index >= 15 is 0 Å². The van der Waals surface area contributed by atoms with Crippen molar-refractivity contribution in [2.45, 2.75) is 13.3 Å². The first kappa shape index (κ1) is 13.4. The molecule has 0 aliphatic heterocycles. The molecule has 1 aromatic rings. The molecule has 0 radical (unpaired) electrons. The van der Waals surface area contributed by atoms with E-state index in [1.165, 1.54) is 12.1 Å². The van der Waals surface area contributed by atoms with Crippen molar-refractivity contribution in [3.8, 4) is 0 Å². The highest BCUT2D eigenvalue weighted by Gasteiger charge is 2.24. The molecule has 4 nitrogen and oxygen atoms in total. The molecule has 1 aromatic carbocycles. The third-order valence-electron chi connectivity index (χ3n) is 2.21. The van der Waals surface area contributed by atoms with Crippen molar-refractivity contribution in [1.82, 2.24) is 0 Å². The number of benzene rings is 1. The first-order chi connectivity index (χ1) is 7.95. The summed E-state index contributed by atoms with van der Waals surface area (Å²) in [7, 11) is 0. The van der Waals surface area contributed by atoms with Gasteiger partial charge in [0.05, 0.1) is 5.69 Å². The van der Waals surface area contributed by atoms with E-state index in [0.717, 1.165) is 6.07 Å². The molecule has 1 rings (SSSR count). The van der Waals surface area contributed by atoms with E-state index in [0.29, 0.717) is 0 Å². The summed E-state index contributed by atoms with van der Waals surface area (Å²) in [6, 6.07) is 3.66. The Kier molecular flexibility index (Phi) is 4.45. The summed E-state index contributed by atoms with van der Waals surface area (Å²) < 4.78 is 13.3. The molecule has 6 heteroatoms. The molecule has 2 N–H and O–H groups in total. The average molecular weight is 260 g/mol. The van der Waals surface area contributed by atoms with Crippen LogP contribution in [-0.2, 0) is 9.59 Å². The van der Waals surface area contributed by atoms with Crippen molar-refractivity contribution < 1.29 is 19.1 Å². The van der Waals surface area contributed by atoms with Crippen LogP contribution in [0.2, 0.25) is 5.02 Å². The number of carbonyl (C=O) groups is 2. The van der Waals surface area contributed by atoms with Gasteiger partial charge in [-0.25, -0.2) is 4.39 Å². The van der Waals surface area contributed by atoms with Crippen LogP contribution in [0.5, 0.6) is 0 Å². The van der Waals surface area contributed by atoms with Gasteiger partial charge in [0.2, 0.25) is 5.91 Å². The van der Waals surface area contributed by atoms with Gasteiger partial charge in [-0.1, -0.05) is 18.5 Å². The summed E-state index contributed by atoms with van der Waals surface area (Å²) in [6.07, 6.45) is 0.128. The Bertz CT molecular complexity index is 450. The number of amides is 1. The van der Waals surface area contributed by atoms with Crippen LogP contribution < -0.4 is 5.32 Å². The molecule has 0 heterocycles.